The van der Waals surface area contributed by atoms with Crippen LogP contribution in [0.2, 0.25) is 18.1 Å². The van der Waals surface area contributed by atoms with Crippen molar-refractivity contribution in [3.8, 4) is 0 Å². The maximum Gasteiger partial charge on any atom is 0.192 e. The average molecular weight is 287 g/mol. The summed E-state index contributed by atoms with van der Waals surface area (Å²) in [5.41, 5.74) is 0. The molecule has 3 atom stereocenters. The molecule has 19 heavy (non-hydrogen) atoms. The summed E-state index contributed by atoms with van der Waals surface area (Å²) in [6.45, 7) is 19.7. The molecule has 3 heteroatoms. The van der Waals surface area contributed by atoms with Crippen molar-refractivity contribution >= 4 is 8.32 Å². The van der Waals surface area contributed by atoms with Crippen LogP contribution in [-0.2, 0) is 9.16 Å². The Bertz CT molecular complexity index is 268. The molecular formula is C16H34O2Si. The Hall–Kier alpha value is -0.123. The van der Waals surface area contributed by atoms with Crippen LogP contribution in [0.3, 0.4) is 0 Å². The van der Waals surface area contributed by atoms with Gasteiger partial charge < -0.3 is 9.16 Å². The zero-order valence-corrected chi connectivity index (χ0v) is 15.2. The van der Waals surface area contributed by atoms with E-state index in [-0.39, 0.29) is 17.2 Å². The summed E-state index contributed by atoms with van der Waals surface area (Å²) in [4.78, 5) is 0. The van der Waals surface area contributed by atoms with E-state index >= 15 is 0 Å². The molecule has 0 amide bonds. The van der Waals surface area contributed by atoms with E-state index < -0.39 is 8.32 Å². The maximum atomic E-state index is 6.50. The van der Waals surface area contributed by atoms with E-state index in [1.165, 1.54) is 0 Å². The van der Waals surface area contributed by atoms with Crippen molar-refractivity contribution in [2.24, 2.45) is 5.92 Å². The molecule has 0 aliphatic rings. The molecule has 0 radical (unpaired) electrons. The summed E-state index contributed by atoms with van der Waals surface area (Å²) in [7, 11) is 0.0866. The van der Waals surface area contributed by atoms with E-state index in [4.69, 9.17) is 9.16 Å². The van der Waals surface area contributed by atoms with Crippen molar-refractivity contribution in [1.29, 1.82) is 0 Å². The number of rotatable bonds is 8. The van der Waals surface area contributed by atoms with Crippen molar-refractivity contribution in [2.45, 2.75) is 77.8 Å². The van der Waals surface area contributed by atoms with Crippen LogP contribution >= 0.6 is 0 Å². The van der Waals surface area contributed by atoms with E-state index in [2.05, 4.69) is 54.3 Å². The van der Waals surface area contributed by atoms with E-state index in [1.807, 2.05) is 6.08 Å². The Morgan fingerprint density at radius 2 is 1.79 bits per heavy atom. The smallest absolute Gasteiger partial charge is 0.192 e. The van der Waals surface area contributed by atoms with Gasteiger partial charge in [0, 0.05) is 19.1 Å². The van der Waals surface area contributed by atoms with Crippen LogP contribution in [0.1, 0.15) is 47.5 Å². The van der Waals surface area contributed by atoms with Gasteiger partial charge in [-0.05, 0) is 31.0 Å². The molecule has 0 spiro atoms. The third kappa shape index (κ3) is 5.80. The number of hydrogen-bond donors (Lipinski definition) is 0. The Labute approximate surface area is 121 Å². The first-order chi connectivity index (χ1) is 8.59. The molecule has 0 aromatic rings. The highest BCUT2D eigenvalue weighted by Crippen LogP contribution is 2.38. The van der Waals surface area contributed by atoms with E-state index in [0.29, 0.717) is 5.92 Å². The third-order valence-corrected chi connectivity index (χ3v) is 9.01. The molecule has 0 aliphatic heterocycles. The fourth-order valence-corrected chi connectivity index (χ4v) is 3.28. The average Bonchev–Trinajstić information content (AvgIpc) is 2.31. The molecule has 0 heterocycles. The second-order valence-electron chi connectivity index (χ2n) is 7.01. The zero-order valence-electron chi connectivity index (χ0n) is 14.2. The Morgan fingerprint density at radius 1 is 1.26 bits per heavy atom. The zero-order chi connectivity index (χ0) is 15.3. The molecule has 0 aromatic carbocycles. The molecule has 0 saturated carbocycles. The van der Waals surface area contributed by atoms with Gasteiger partial charge in [-0.2, -0.15) is 0 Å². The number of hydrogen-bond acceptors (Lipinski definition) is 2. The van der Waals surface area contributed by atoms with Gasteiger partial charge >= 0.3 is 0 Å². The first-order valence-electron chi connectivity index (χ1n) is 7.42. The van der Waals surface area contributed by atoms with Crippen molar-refractivity contribution in [3.05, 3.63) is 12.7 Å². The molecule has 0 saturated heterocycles. The minimum Gasteiger partial charge on any atom is -0.414 e. The van der Waals surface area contributed by atoms with Crippen LogP contribution in [0.25, 0.3) is 0 Å². The van der Waals surface area contributed by atoms with Gasteiger partial charge in [0.15, 0.2) is 8.32 Å². The summed E-state index contributed by atoms with van der Waals surface area (Å²) < 4.78 is 12.1. The predicted molar refractivity (Wildman–Crippen MR) is 87.1 cm³/mol. The first-order valence-corrected chi connectivity index (χ1v) is 10.3. The standard InChI is InChI=1S/C16H34O2Si/c1-10-13(3)15(17-7)12-14(11-2)18-19(8,9)16(4,5)6/h10,13-15H,1,11-12H2,2-9H3. The Kier molecular flexibility index (Phi) is 7.55. The van der Waals surface area contributed by atoms with Crippen LogP contribution in [0.4, 0.5) is 0 Å². The Morgan fingerprint density at radius 3 is 2.11 bits per heavy atom. The molecule has 0 aliphatic carbocycles. The molecule has 2 nitrogen and oxygen atoms in total. The van der Waals surface area contributed by atoms with E-state index in [9.17, 15) is 0 Å². The first kappa shape index (κ1) is 18.9. The number of methoxy groups -OCH3 is 1. The molecular weight excluding hydrogens is 252 g/mol. The van der Waals surface area contributed by atoms with E-state index in [1.54, 1.807) is 7.11 Å². The number of ether oxygens (including phenoxy) is 1. The van der Waals surface area contributed by atoms with Crippen LogP contribution in [0.5, 0.6) is 0 Å². The highest BCUT2D eigenvalue weighted by atomic mass is 28.4. The highest BCUT2D eigenvalue weighted by molar-refractivity contribution is 6.74. The summed E-state index contributed by atoms with van der Waals surface area (Å²) in [5.74, 6) is 0.363. The normalized spacial score (nSPS) is 17.9. The maximum absolute atomic E-state index is 6.50. The van der Waals surface area contributed by atoms with Crippen LogP contribution in [0.15, 0.2) is 12.7 Å². The molecule has 114 valence electrons. The molecule has 0 rings (SSSR count). The van der Waals surface area contributed by atoms with Crippen LogP contribution in [-0.4, -0.2) is 27.6 Å². The summed E-state index contributed by atoms with van der Waals surface area (Å²) in [6.07, 6.45) is 4.44. The van der Waals surface area contributed by atoms with Gasteiger partial charge in [-0.15, -0.1) is 6.58 Å². The van der Waals surface area contributed by atoms with Gasteiger partial charge in [0.05, 0.1) is 6.10 Å². The van der Waals surface area contributed by atoms with Gasteiger partial charge in [0.1, 0.15) is 0 Å². The summed E-state index contributed by atoms with van der Waals surface area (Å²) in [5, 5.41) is 0.257. The second-order valence-corrected chi connectivity index (χ2v) is 11.8. The second kappa shape index (κ2) is 7.60. The van der Waals surface area contributed by atoms with Crippen molar-refractivity contribution in [2.75, 3.05) is 7.11 Å². The van der Waals surface area contributed by atoms with Gasteiger partial charge in [-0.1, -0.05) is 40.7 Å². The molecule has 3 unspecified atom stereocenters. The molecule has 0 aromatic heterocycles. The largest absolute Gasteiger partial charge is 0.414 e. The Balaban J connectivity index is 4.72. The topological polar surface area (TPSA) is 18.5 Å². The van der Waals surface area contributed by atoms with E-state index in [0.717, 1.165) is 12.8 Å². The lowest BCUT2D eigenvalue weighted by atomic mass is 9.98. The van der Waals surface area contributed by atoms with Gasteiger partial charge in [0.25, 0.3) is 0 Å². The van der Waals surface area contributed by atoms with Crippen molar-refractivity contribution in [1.82, 2.24) is 0 Å². The minimum atomic E-state index is -1.69. The third-order valence-electron chi connectivity index (χ3n) is 4.48. The molecule has 0 fully saturated rings. The lowest BCUT2D eigenvalue weighted by Crippen LogP contribution is -2.44. The monoisotopic (exact) mass is 286 g/mol. The summed E-state index contributed by atoms with van der Waals surface area (Å²) >= 11 is 0. The van der Waals surface area contributed by atoms with Crippen LogP contribution in [0, 0.1) is 5.92 Å². The molecule has 0 bridgehead atoms. The highest BCUT2D eigenvalue weighted by Gasteiger charge is 2.39. The van der Waals surface area contributed by atoms with Gasteiger partial charge in [-0.25, -0.2) is 0 Å². The fraction of sp³-hybridized carbons (Fsp3) is 0.875. The molecule has 0 N–H and O–H groups in total. The van der Waals surface area contributed by atoms with Crippen molar-refractivity contribution in [3.63, 3.8) is 0 Å². The van der Waals surface area contributed by atoms with Gasteiger partial charge in [0.2, 0.25) is 0 Å². The minimum absolute atomic E-state index is 0.201. The van der Waals surface area contributed by atoms with Crippen molar-refractivity contribution < 1.29 is 9.16 Å². The van der Waals surface area contributed by atoms with Crippen LogP contribution < -0.4 is 0 Å². The lowest BCUT2D eigenvalue weighted by molar-refractivity contribution is 0.0274. The fourth-order valence-electron chi connectivity index (χ4n) is 1.83. The predicted octanol–water partition coefficient (Wildman–Crippen LogP) is 5.01. The van der Waals surface area contributed by atoms with Gasteiger partial charge in [-0.3, -0.25) is 0 Å². The lowest BCUT2D eigenvalue weighted by Gasteiger charge is -2.40. The quantitative estimate of drug-likeness (QED) is 0.461. The summed E-state index contributed by atoms with van der Waals surface area (Å²) in [6, 6.07) is 0. The SMILES string of the molecule is C=CC(C)C(CC(CC)O[Si](C)(C)C(C)(C)C)OC.